The molecule has 0 fully saturated rings. The van der Waals surface area contributed by atoms with Gasteiger partial charge in [0, 0.05) is 25.7 Å². The average Bonchev–Trinajstić information content (AvgIpc) is 3.72. The summed E-state index contributed by atoms with van der Waals surface area (Å²) < 4.78 is 68.1. The summed E-state index contributed by atoms with van der Waals surface area (Å²) in [5, 5.41) is 10.6. The Balaban J connectivity index is 5.19. The van der Waals surface area contributed by atoms with Gasteiger partial charge in [0.25, 0.3) is 0 Å². The third-order valence-corrected chi connectivity index (χ3v) is 18.0. The van der Waals surface area contributed by atoms with Crippen molar-refractivity contribution in [2.75, 3.05) is 39.6 Å². The first-order chi connectivity index (χ1) is 43.9. The van der Waals surface area contributed by atoms with Gasteiger partial charge in [0.05, 0.1) is 26.4 Å². The van der Waals surface area contributed by atoms with E-state index in [1.165, 1.54) is 135 Å². The van der Waals surface area contributed by atoms with Gasteiger partial charge in [-0.3, -0.25) is 37.3 Å². The number of aliphatic hydroxyl groups excluding tert-OH is 1. The fraction of sp³-hybridized carbons (Fsp3) is 0.889. The van der Waals surface area contributed by atoms with E-state index in [1.54, 1.807) is 0 Å². The normalized spacial score (nSPS) is 14.3. The molecule has 0 heterocycles. The molecule has 536 valence electrons. The second-order valence-corrected chi connectivity index (χ2v) is 29.2. The van der Waals surface area contributed by atoms with Crippen molar-refractivity contribution in [3.8, 4) is 0 Å². The number of phosphoric ester groups is 2. The number of carbonyl (C=O) groups is 4. The minimum Gasteiger partial charge on any atom is -0.462 e. The summed E-state index contributed by atoms with van der Waals surface area (Å²) in [7, 11) is -9.91. The molecule has 0 aliphatic carbocycles. The molecular weight excluding hydrogens is 1200 g/mol. The SMILES string of the molecule is CCCCCC/C=C\C=C/CCCCCCCC(=O)OC[C@H](COP(=O)(O)OC[C@@H](O)COP(=O)(O)OC[C@@H](COC(=O)CCCCCCC)OC(=O)CCCCCCCCCCCCC(C)C)OC(=O)CCCCCCCCCCCCCCCCCC(C)C. The minimum atomic E-state index is -4.96. The average molecular weight is 1340 g/mol. The zero-order valence-corrected chi connectivity index (χ0v) is 60.4. The number of rotatable bonds is 69. The number of hydrogen-bond donors (Lipinski definition) is 3. The van der Waals surface area contributed by atoms with E-state index in [1.807, 2.05) is 0 Å². The molecule has 0 aliphatic rings. The number of aliphatic hydroxyl groups is 1. The van der Waals surface area contributed by atoms with Crippen LogP contribution in [0, 0.1) is 11.8 Å². The first-order valence-electron chi connectivity index (χ1n) is 36.8. The van der Waals surface area contributed by atoms with Crippen LogP contribution in [0.4, 0.5) is 0 Å². The summed E-state index contributed by atoms with van der Waals surface area (Å²) in [4.78, 5) is 72.3. The molecular formula is C72H136O17P2. The molecule has 0 aliphatic heterocycles. The monoisotopic (exact) mass is 1330 g/mol. The van der Waals surface area contributed by atoms with E-state index in [4.69, 9.17) is 37.0 Å². The molecule has 91 heavy (non-hydrogen) atoms. The zero-order chi connectivity index (χ0) is 67.2. The molecule has 0 aromatic heterocycles. The molecule has 0 radical (unpaired) electrons. The summed E-state index contributed by atoms with van der Waals surface area (Å²) in [5.74, 6) is -0.612. The number of phosphoric acid groups is 2. The van der Waals surface area contributed by atoms with E-state index >= 15 is 0 Å². The molecule has 19 heteroatoms. The van der Waals surface area contributed by atoms with E-state index in [9.17, 15) is 43.2 Å². The molecule has 0 aromatic rings. The molecule has 0 aromatic carbocycles. The van der Waals surface area contributed by atoms with Gasteiger partial charge in [-0.1, -0.05) is 291 Å². The molecule has 0 bridgehead atoms. The zero-order valence-electron chi connectivity index (χ0n) is 58.6. The van der Waals surface area contributed by atoms with Gasteiger partial charge in [-0.15, -0.1) is 0 Å². The highest BCUT2D eigenvalue weighted by Gasteiger charge is 2.30. The number of ether oxygens (including phenoxy) is 4. The van der Waals surface area contributed by atoms with Crippen LogP contribution in [-0.4, -0.2) is 96.7 Å². The molecule has 17 nitrogen and oxygen atoms in total. The first-order valence-corrected chi connectivity index (χ1v) is 39.8. The van der Waals surface area contributed by atoms with Gasteiger partial charge < -0.3 is 33.8 Å². The Morgan fingerprint density at radius 3 is 0.901 bits per heavy atom. The number of esters is 4. The van der Waals surface area contributed by atoms with Crippen molar-refractivity contribution < 1.29 is 80.2 Å². The third kappa shape index (κ3) is 66.0. The van der Waals surface area contributed by atoms with Crippen molar-refractivity contribution >= 4 is 39.5 Å². The van der Waals surface area contributed by atoms with Crippen molar-refractivity contribution in [1.29, 1.82) is 0 Å². The van der Waals surface area contributed by atoms with Gasteiger partial charge in [-0.2, -0.15) is 0 Å². The summed E-state index contributed by atoms with van der Waals surface area (Å²) in [6.07, 6.45) is 52.5. The Labute approximate surface area is 554 Å². The smallest absolute Gasteiger partial charge is 0.462 e. The number of hydrogen-bond acceptors (Lipinski definition) is 15. The largest absolute Gasteiger partial charge is 0.472 e. The first kappa shape index (κ1) is 88.5. The molecule has 3 N–H and O–H groups in total. The maximum absolute atomic E-state index is 13.0. The van der Waals surface area contributed by atoms with Crippen LogP contribution in [0.3, 0.4) is 0 Å². The maximum atomic E-state index is 13.0. The van der Waals surface area contributed by atoms with E-state index in [0.29, 0.717) is 25.7 Å². The molecule has 0 saturated heterocycles. The molecule has 2 unspecified atom stereocenters. The van der Waals surface area contributed by atoms with Crippen LogP contribution in [0.15, 0.2) is 24.3 Å². The van der Waals surface area contributed by atoms with Crippen LogP contribution in [0.1, 0.15) is 343 Å². The summed E-state index contributed by atoms with van der Waals surface area (Å²) in [6, 6.07) is 0. The van der Waals surface area contributed by atoms with Crippen LogP contribution >= 0.6 is 15.6 Å². The Kier molecular flexibility index (Phi) is 61.9. The highest BCUT2D eigenvalue weighted by atomic mass is 31.2. The predicted octanol–water partition coefficient (Wildman–Crippen LogP) is 20.3. The van der Waals surface area contributed by atoms with Crippen molar-refractivity contribution in [2.45, 2.75) is 362 Å². The van der Waals surface area contributed by atoms with Gasteiger partial charge in [-0.05, 0) is 63.2 Å². The molecule has 0 rings (SSSR count). The lowest BCUT2D eigenvalue weighted by molar-refractivity contribution is -0.161. The van der Waals surface area contributed by atoms with Crippen molar-refractivity contribution in [2.24, 2.45) is 11.8 Å². The van der Waals surface area contributed by atoms with Gasteiger partial charge in [0.15, 0.2) is 12.2 Å². The molecule has 0 spiro atoms. The van der Waals surface area contributed by atoms with Crippen LogP contribution in [0.25, 0.3) is 0 Å². The van der Waals surface area contributed by atoms with E-state index in [0.717, 1.165) is 127 Å². The minimum absolute atomic E-state index is 0.101. The van der Waals surface area contributed by atoms with Gasteiger partial charge >= 0.3 is 39.5 Å². The maximum Gasteiger partial charge on any atom is 0.472 e. The van der Waals surface area contributed by atoms with E-state index in [2.05, 4.69) is 65.8 Å². The van der Waals surface area contributed by atoms with E-state index < -0.39 is 97.5 Å². The fourth-order valence-corrected chi connectivity index (χ4v) is 12.0. The lowest BCUT2D eigenvalue weighted by Gasteiger charge is -2.21. The topological polar surface area (TPSA) is 237 Å². The van der Waals surface area contributed by atoms with Gasteiger partial charge in [0.1, 0.15) is 19.3 Å². The van der Waals surface area contributed by atoms with E-state index in [-0.39, 0.29) is 25.7 Å². The standard InChI is InChI=1S/C72H136O17P2/c1-7-9-11-13-14-15-16-17-19-23-26-32-37-43-49-55-70(75)83-61-68(89-72(77)56-50-44-38-33-27-24-21-18-20-22-25-30-35-41-46-52-64(3)4)63-87-91(80,81)85-59-66(73)58-84-90(78,79)86-62-67(60-82-69(74)54-48-40-12-10-8-2)88-71(76)57-51-45-39-34-29-28-31-36-42-47-53-65(5)6/h15-17,19,64-68,73H,7-14,18,20-63H2,1-6H3,(H,78,79)(H,80,81)/b16-15-,19-17-/t66-,67+,68+/m0/s1. The van der Waals surface area contributed by atoms with Crippen LogP contribution in [-0.2, 0) is 65.4 Å². The second-order valence-electron chi connectivity index (χ2n) is 26.2. The van der Waals surface area contributed by atoms with Crippen LogP contribution in [0.2, 0.25) is 0 Å². The Morgan fingerprint density at radius 2 is 0.593 bits per heavy atom. The third-order valence-electron chi connectivity index (χ3n) is 16.1. The second kappa shape index (κ2) is 63.6. The number of carbonyl (C=O) groups excluding carboxylic acids is 4. The van der Waals surface area contributed by atoms with Crippen LogP contribution < -0.4 is 0 Å². The fourth-order valence-electron chi connectivity index (χ4n) is 10.4. The summed E-state index contributed by atoms with van der Waals surface area (Å²) in [6.45, 7) is 9.42. The van der Waals surface area contributed by atoms with Gasteiger partial charge in [-0.25, -0.2) is 9.13 Å². The summed E-state index contributed by atoms with van der Waals surface area (Å²) in [5.41, 5.74) is 0. The highest BCUT2D eigenvalue weighted by Crippen LogP contribution is 2.45. The van der Waals surface area contributed by atoms with Crippen molar-refractivity contribution in [3.63, 3.8) is 0 Å². The number of allylic oxidation sites excluding steroid dienone is 4. The Hall–Kier alpha value is -2.46. The highest BCUT2D eigenvalue weighted by molar-refractivity contribution is 7.47. The Bertz CT molecular complexity index is 1860. The molecule has 5 atom stereocenters. The van der Waals surface area contributed by atoms with Crippen molar-refractivity contribution in [3.05, 3.63) is 24.3 Å². The van der Waals surface area contributed by atoms with Gasteiger partial charge in [0.2, 0.25) is 0 Å². The molecule has 0 saturated carbocycles. The van der Waals surface area contributed by atoms with Crippen molar-refractivity contribution in [1.82, 2.24) is 0 Å². The lowest BCUT2D eigenvalue weighted by Crippen LogP contribution is -2.30. The lowest BCUT2D eigenvalue weighted by atomic mass is 10.0. The quantitative estimate of drug-likeness (QED) is 0.0169. The Morgan fingerprint density at radius 1 is 0.341 bits per heavy atom. The van der Waals surface area contributed by atoms with Crippen LogP contribution in [0.5, 0.6) is 0 Å². The molecule has 0 amide bonds. The predicted molar refractivity (Wildman–Crippen MR) is 367 cm³/mol. The number of unbranched alkanes of at least 4 members (excludes halogenated alkanes) is 36. The summed E-state index contributed by atoms with van der Waals surface area (Å²) >= 11 is 0.